The fourth-order valence-electron chi connectivity index (χ4n) is 2.12. The number of amides is 1. The van der Waals surface area contributed by atoms with Crippen LogP contribution in [0.15, 0.2) is 28.8 Å². The summed E-state index contributed by atoms with van der Waals surface area (Å²) in [4.78, 5) is 26.3. The van der Waals surface area contributed by atoms with Gasteiger partial charge in [-0.3, -0.25) is 9.59 Å². The van der Waals surface area contributed by atoms with Gasteiger partial charge in [-0.2, -0.15) is 4.98 Å². The van der Waals surface area contributed by atoms with Crippen molar-refractivity contribution in [3.63, 3.8) is 0 Å². The first-order valence-electron chi connectivity index (χ1n) is 8.12. The van der Waals surface area contributed by atoms with Crippen molar-refractivity contribution in [2.75, 3.05) is 13.2 Å². The smallest absolute Gasteiger partial charge is 0.303 e. The normalized spacial score (nSPS) is 10.4. The highest BCUT2D eigenvalue weighted by Gasteiger charge is 2.11. The molecular weight excluding hydrogens is 326 g/mol. The first kappa shape index (κ1) is 18.4. The summed E-state index contributed by atoms with van der Waals surface area (Å²) in [5.41, 5.74) is 0.802. The van der Waals surface area contributed by atoms with Crippen molar-refractivity contribution in [2.45, 2.75) is 32.6 Å². The van der Waals surface area contributed by atoms with Crippen molar-refractivity contribution in [2.24, 2.45) is 0 Å². The lowest BCUT2D eigenvalue weighted by Crippen LogP contribution is -2.25. The maximum absolute atomic E-state index is 11.7. The summed E-state index contributed by atoms with van der Waals surface area (Å²) in [6, 6.07) is 7.35. The lowest BCUT2D eigenvalue weighted by molar-refractivity contribution is -0.137. The zero-order chi connectivity index (χ0) is 18.1. The summed E-state index contributed by atoms with van der Waals surface area (Å²) in [6.45, 7) is 2.86. The third kappa shape index (κ3) is 6.25. The second-order valence-electron chi connectivity index (χ2n) is 5.32. The number of aliphatic carboxylic acids is 1. The van der Waals surface area contributed by atoms with E-state index in [1.54, 1.807) is 0 Å². The maximum Gasteiger partial charge on any atom is 0.303 e. The molecule has 2 N–H and O–H groups in total. The van der Waals surface area contributed by atoms with Crippen LogP contribution in [0.5, 0.6) is 5.75 Å². The Bertz CT molecular complexity index is 697. The van der Waals surface area contributed by atoms with E-state index in [1.807, 2.05) is 31.2 Å². The predicted molar refractivity (Wildman–Crippen MR) is 89.1 cm³/mol. The van der Waals surface area contributed by atoms with Gasteiger partial charge in [-0.15, -0.1) is 0 Å². The Morgan fingerprint density at radius 2 is 2.00 bits per heavy atom. The van der Waals surface area contributed by atoms with Gasteiger partial charge < -0.3 is 19.7 Å². The van der Waals surface area contributed by atoms with Gasteiger partial charge in [-0.05, 0) is 37.6 Å². The molecule has 0 fully saturated rings. The zero-order valence-electron chi connectivity index (χ0n) is 14.0. The van der Waals surface area contributed by atoms with Gasteiger partial charge in [0.05, 0.1) is 6.61 Å². The van der Waals surface area contributed by atoms with Gasteiger partial charge >= 0.3 is 5.97 Å². The molecule has 0 bridgehead atoms. The summed E-state index contributed by atoms with van der Waals surface area (Å²) in [5, 5.41) is 15.1. The summed E-state index contributed by atoms with van der Waals surface area (Å²) < 4.78 is 10.5. The Kier molecular flexibility index (Phi) is 6.94. The van der Waals surface area contributed by atoms with E-state index in [0.29, 0.717) is 37.7 Å². The predicted octanol–water partition coefficient (Wildman–Crippen LogP) is 2.05. The molecule has 8 heteroatoms. The molecular formula is C17H21N3O5. The van der Waals surface area contributed by atoms with E-state index in [4.69, 9.17) is 14.4 Å². The number of aryl methyl sites for hydroxylation is 1. The Morgan fingerprint density at radius 3 is 2.68 bits per heavy atom. The molecule has 0 aliphatic carbocycles. The molecule has 0 saturated heterocycles. The van der Waals surface area contributed by atoms with Crippen LogP contribution < -0.4 is 10.1 Å². The van der Waals surface area contributed by atoms with Crippen molar-refractivity contribution in [1.82, 2.24) is 15.5 Å². The fraction of sp³-hybridized carbons (Fsp3) is 0.412. The highest BCUT2D eigenvalue weighted by atomic mass is 16.5. The topological polar surface area (TPSA) is 115 Å². The Morgan fingerprint density at radius 1 is 1.24 bits per heavy atom. The molecule has 2 aromatic rings. The van der Waals surface area contributed by atoms with Gasteiger partial charge in [-0.1, -0.05) is 5.16 Å². The Balaban J connectivity index is 1.79. The second kappa shape index (κ2) is 9.41. The van der Waals surface area contributed by atoms with Crippen molar-refractivity contribution in [1.29, 1.82) is 0 Å². The van der Waals surface area contributed by atoms with E-state index in [2.05, 4.69) is 15.5 Å². The number of hydrogen-bond acceptors (Lipinski definition) is 6. The average molecular weight is 347 g/mol. The first-order valence-corrected chi connectivity index (χ1v) is 8.12. The number of nitrogens with zero attached hydrogens (tertiary/aromatic N) is 2. The quantitative estimate of drug-likeness (QED) is 0.632. The number of carbonyl (C=O) groups is 2. The summed E-state index contributed by atoms with van der Waals surface area (Å²) >= 11 is 0. The van der Waals surface area contributed by atoms with Crippen LogP contribution in [0.25, 0.3) is 11.4 Å². The molecule has 0 aliphatic rings. The molecule has 0 aliphatic heterocycles. The summed E-state index contributed by atoms with van der Waals surface area (Å²) in [5.74, 6) is 0.562. The molecule has 0 spiro atoms. The second-order valence-corrected chi connectivity index (χ2v) is 5.32. The molecule has 0 radical (unpaired) electrons. The van der Waals surface area contributed by atoms with Crippen molar-refractivity contribution < 1.29 is 24.0 Å². The van der Waals surface area contributed by atoms with E-state index in [1.165, 1.54) is 0 Å². The van der Waals surface area contributed by atoms with E-state index in [-0.39, 0.29) is 18.7 Å². The Labute approximate surface area is 145 Å². The minimum Gasteiger partial charge on any atom is -0.494 e. The SMILES string of the molecule is CCOc1ccc(-c2noc(CCC(=O)NCCCC(=O)O)n2)cc1. The maximum atomic E-state index is 11.7. The molecule has 8 nitrogen and oxygen atoms in total. The number of aromatic nitrogens is 2. The number of benzene rings is 1. The van der Waals surface area contributed by atoms with E-state index >= 15 is 0 Å². The van der Waals surface area contributed by atoms with E-state index in [9.17, 15) is 9.59 Å². The third-order valence-corrected chi connectivity index (χ3v) is 3.35. The monoisotopic (exact) mass is 347 g/mol. The number of nitrogens with one attached hydrogen (secondary N) is 1. The van der Waals surface area contributed by atoms with E-state index < -0.39 is 5.97 Å². The van der Waals surface area contributed by atoms with Crippen molar-refractivity contribution in [3.05, 3.63) is 30.2 Å². The number of carbonyl (C=O) groups excluding carboxylic acids is 1. The lowest BCUT2D eigenvalue weighted by atomic mass is 10.2. The van der Waals surface area contributed by atoms with Crippen molar-refractivity contribution >= 4 is 11.9 Å². The highest BCUT2D eigenvalue weighted by molar-refractivity contribution is 5.76. The van der Waals surface area contributed by atoms with Gasteiger partial charge in [0.1, 0.15) is 5.75 Å². The molecule has 134 valence electrons. The standard InChI is InChI=1S/C17H21N3O5/c1-2-24-13-7-5-12(6-8-13)17-19-15(25-20-17)10-9-14(21)18-11-3-4-16(22)23/h5-8H,2-4,9-11H2,1H3,(H,18,21)(H,22,23). The minimum absolute atomic E-state index is 0.0371. The van der Waals surface area contributed by atoms with Crippen LogP contribution in [0.4, 0.5) is 0 Å². The number of hydrogen-bond donors (Lipinski definition) is 2. The van der Waals surface area contributed by atoms with Gasteiger partial charge in [-0.25, -0.2) is 0 Å². The van der Waals surface area contributed by atoms with Crippen LogP contribution in [0.2, 0.25) is 0 Å². The Hall–Kier alpha value is -2.90. The number of carboxylic acids is 1. The van der Waals surface area contributed by atoms with Gasteiger partial charge in [0.25, 0.3) is 0 Å². The minimum atomic E-state index is -0.873. The molecule has 0 saturated carbocycles. The van der Waals surface area contributed by atoms with Crippen LogP contribution in [-0.4, -0.2) is 40.3 Å². The largest absolute Gasteiger partial charge is 0.494 e. The van der Waals surface area contributed by atoms with Crippen LogP contribution in [0.1, 0.15) is 32.1 Å². The number of carboxylic acid groups (broad SMARTS) is 1. The number of rotatable bonds is 10. The zero-order valence-corrected chi connectivity index (χ0v) is 14.0. The average Bonchev–Trinajstić information content (AvgIpc) is 3.07. The molecule has 1 aromatic heterocycles. The molecule has 0 atom stereocenters. The molecule has 25 heavy (non-hydrogen) atoms. The van der Waals surface area contributed by atoms with Gasteiger partial charge in [0.15, 0.2) is 0 Å². The molecule has 1 aromatic carbocycles. The molecule has 1 amide bonds. The first-order chi connectivity index (χ1) is 12.1. The van der Waals surface area contributed by atoms with E-state index in [0.717, 1.165) is 11.3 Å². The van der Waals surface area contributed by atoms with Crippen molar-refractivity contribution in [3.8, 4) is 17.1 Å². The van der Waals surface area contributed by atoms with Crippen LogP contribution in [0, 0.1) is 0 Å². The van der Waals surface area contributed by atoms with Crippen LogP contribution >= 0.6 is 0 Å². The van der Waals surface area contributed by atoms with Gasteiger partial charge in [0, 0.05) is 31.4 Å². The van der Waals surface area contributed by atoms with Crippen LogP contribution in [-0.2, 0) is 16.0 Å². The number of ether oxygens (including phenoxy) is 1. The third-order valence-electron chi connectivity index (χ3n) is 3.35. The summed E-state index contributed by atoms with van der Waals surface area (Å²) in [7, 11) is 0. The fourth-order valence-corrected chi connectivity index (χ4v) is 2.12. The highest BCUT2D eigenvalue weighted by Crippen LogP contribution is 2.20. The summed E-state index contributed by atoms with van der Waals surface area (Å²) in [6.07, 6.45) is 0.978. The van der Waals surface area contributed by atoms with Gasteiger partial charge in [0.2, 0.25) is 17.6 Å². The molecule has 2 rings (SSSR count). The van der Waals surface area contributed by atoms with Crippen LogP contribution in [0.3, 0.4) is 0 Å². The lowest BCUT2D eigenvalue weighted by Gasteiger charge is -2.02. The molecule has 0 unspecified atom stereocenters. The molecule has 1 heterocycles.